The van der Waals surface area contributed by atoms with Gasteiger partial charge in [-0.2, -0.15) is 0 Å². The minimum Gasteiger partial charge on any atom is -0.425 e. The van der Waals surface area contributed by atoms with Crippen LogP contribution in [0.15, 0.2) is 52.9 Å². The van der Waals surface area contributed by atoms with Gasteiger partial charge in [0.2, 0.25) is 11.8 Å². The van der Waals surface area contributed by atoms with Gasteiger partial charge in [0, 0.05) is 6.54 Å². The number of carbonyl (C=O) groups is 2. The summed E-state index contributed by atoms with van der Waals surface area (Å²) in [4.78, 5) is 30.4. The van der Waals surface area contributed by atoms with Crippen LogP contribution in [0.25, 0.3) is 21.3 Å². The van der Waals surface area contributed by atoms with Crippen molar-refractivity contribution in [3.63, 3.8) is 0 Å². The number of benzene rings is 2. The van der Waals surface area contributed by atoms with Crippen molar-refractivity contribution in [3.8, 4) is 11.1 Å². The molecule has 1 aliphatic heterocycles. The molecule has 1 fully saturated rings. The molecule has 1 aliphatic rings. The smallest absolute Gasteiger partial charge is 0.325 e. The lowest BCUT2D eigenvalue weighted by molar-refractivity contribution is -0.130. The number of nitrogens with one attached hydrogen (secondary N) is 1. The van der Waals surface area contributed by atoms with Gasteiger partial charge >= 0.3 is 6.03 Å². The molecule has 0 radical (unpaired) electrons. The molecule has 0 aliphatic carbocycles. The Morgan fingerprint density at radius 1 is 1.06 bits per heavy atom. The topological polar surface area (TPSA) is 101 Å². The van der Waals surface area contributed by atoms with Crippen LogP contribution in [0.4, 0.5) is 4.79 Å². The average Bonchev–Trinajstić information content (AvgIpc) is 3.45. The summed E-state index contributed by atoms with van der Waals surface area (Å²) in [5, 5.41) is 11.8. The second kappa shape index (κ2) is 7.83. The molecule has 0 bridgehead atoms. The molecule has 162 valence electrons. The number of nitrogens with zero attached hydrogens (tertiary/aromatic N) is 4. The minimum absolute atomic E-state index is 0.140. The van der Waals surface area contributed by atoms with Crippen LogP contribution < -0.4 is 5.32 Å². The summed E-state index contributed by atoms with van der Waals surface area (Å²) in [6.07, 6.45) is 0.548. The first-order valence-electron chi connectivity index (χ1n) is 10.4. The quantitative estimate of drug-likeness (QED) is 0.451. The van der Waals surface area contributed by atoms with Crippen molar-refractivity contribution in [2.24, 2.45) is 0 Å². The summed E-state index contributed by atoms with van der Waals surface area (Å²) in [5.41, 5.74) is 2.15. The summed E-state index contributed by atoms with van der Waals surface area (Å²) in [6, 6.07) is 16.0. The number of carbonyl (C=O) groups excluding carboxylic acids is 2. The number of rotatable bonds is 6. The lowest BCUT2D eigenvalue weighted by Gasteiger charge is -2.19. The fourth-order valence-corrected chi connectivity index (χ4v) is 4.87. The van der Waals surface area contributed by atoms with Crippen LogP contribution in [-0.2, 0) is 17.6 Å². The van der Waals surface area contributed by atoms with Crippen LogP contribution in [0.2, 0.25) is 0 Å². The van der Waals surface area contributed by atoms with E-state index in [-0.39, 0.29) is 12.3 Å². The maximum absolute atomic E-state index is 12.5. The van der Waals surface area contributed by atoms with Crippen LogP contribution in [0.5, 0.6) is 0 Å². The fraction of sp³-hybridized carbons (Fsp3) is 0.261. The van der Waals surface area contributed by atoms with E-state index < -0.39 is 11.6 Å². The van der Waals surface area contributed by atoms with E-state index in [2.05, 4.69) is 44.8 Å². The van der Waals surface area contributed by atoms with E-state index >= 15 is 0 Å². The number of likely N-dealkylation sites (N-methyl/N-ethyl adjacent to an activating group) is 1. The monoisotopic (exact) mass is 447 g/mol. The van der Waals surface area contributed by atoms with Gasteiger partial charge in [-0.1, -0.05) is 36.4 Å². The van der Waals surface area contributed by atoms with Crippen molar-refractivity contribution in [1.29, 1.82) is 0 Å². The second-order valence-electron chi connectivity index (χ2n) is 7.91. The third kappa shape index (κ3) is 3.64. The molecular formula is C23H21N5O3S. The van der Waals surface area contributed by atoms with Crippen molar-refractivity contribution in [2.45, 2.75) is 32.2 Å². The van der Waals surface area contributed by atoms with Gasteiger partial charge in [0.25, 0.3) is 5.91 Å². The molecule has 1 unspecified atom stereocenters. The molecule has 5 rings (SSSR count). The Balaban J connectivity index is 1.32. The largest absolute Gasteiger partial charge is 0.425 e. The van der Waals surface area contributed by atoms with E-state index in [1.807, 2.05) is 24.3 Å². The molecule has 32 heavy (non-hydrogen) atoms. The number of imide groups is 1. The Labute approximate surface area is 188 Å². The van der Waals surface area contributed by atoms with Gasteiger partial charge < -0.3 is 9.73 Å². The van der Waals surface area contributed by atoms with Crippen LogP contribution in [0, 0.1) is 0 Å². The molecule has 8 nitrogen and oxygen atoms in total. The summed E-state index contributed by atoms with van der Waals surface area (Å²) in [6.45, 7) is 3.75. The highest BCUT2D eigenvalue weighted by Gasteiger charge is 2.48. The van der Waals surface area contributed by atoms with Crippen LogP contribution in [0.1, 0.15) is 30.6 Å². The Hall–Kier alpha value is -3.59. The number of thiazole rings is 1. The van der Waals surface area contributed by atoms with Gasteiger partial charge in [-0.15, -0.1) is 21.5 Å². The maximum Gasteiger partial charge on any atom is 0.325 e. The van der Waals surface area contributed by atoms with Crippen LogP contribution >= 0.6 is 11.3 Å². The number of urea groups is 1. The normalized spacial score (nSPS) is 18.5. The zero-order chi connectivity index (χ0) is 22.3. The maximum atomic E-state index is 12.5. The zero-order valence-corrected chi connectivity index (χ0v) is 18.5. The highest BCUT2D eigenvalue weighted by Crippen LogP contribution is 2.29. The van der Waals surface area contributed by atoms with Crippen molar-refractivity contribution >= 4 is 33.5 Å². The van der Waals surface area contributed by atoms with E-state index in [0.29, 0.717) is 24.7 Å². The van der Waals surface area contributed by atoms with Crippen LogP contribution in [0.3, 0.4) is 0 Å². The number of hydrogen-bond donors (Lipinski definition) is 1. The van der Waals surface area contributed by atoms with E-state index in [9.17, 15) is 9.59 Å². The molecule has 1 N–H and O–H groups in total. The number of fused-ring (bicyclic) bond motifs is 1. The predicted octanol–water partition coefficient (Wildman–Crippen LogP) is 3.81. The number of hydrogen-bond acceptors (Lipinski definition) is 7. The SMILES string of the molecule is CCN1C(=O)NC(C)(Cc2nnc(Cc3nc4ccc(-c5ccccc5)cc4s3)o2)C1=O. The molecule has 3 heterocycles. The molecule has 3 amide bonds. The Morgan fingerprint density at radius 3 is 2.59 bits per heavy atom. The number of amides is 3. The third-order valence-electron chi connectivity index (χ3n) is 5.52. The lowest BCUT2D eigenvalue weighted by atomic mass is 9.98. The van der Waals surface area contributed by atoms with E-state index in [1.54, 1.807) is 25.2 Å². The van der Waals surface area contributed by atoms with E-state index in [4.69, 9.17) is 4.42 Å². The Morgan fingerprint density at radius 2 is 1.84 bits per heavy atom. The van der Waals surface area contributed by atoms with Gasteiger partial charge in [0.15, 0.2) is 0 Å². The predicted molar refractivity (Wildman–Crippen MR) is 120 cm³/mol. The summed E-state index contributed by atoms with van der Waals surface area (Å²) < 4.78 is 6.87. The second-order valence-corrected chi connectivity index (χ2v) is 9.03. The molecule has 1 atom stereocenters. The van der Waals surface area contributed by atoms with Gasteiger partial charge in [-0.3, -0.25) is 9.69 Å². The van der Waals surface area contributed by atoms with Gasteiger partial charge in [0.1, 0.15) is 10.5 Å². The Kier molecular flexibility index (Phi) is 4.97. The summed E-state index contributed by atoms with van der Waals surface area (Å²) in [5.74, 6) is 0.446. The highest BCUT2D eigenvalue weighted by molar-refractivity contribution is 7.18. The van der Waals surface area contributed by atoms with Gasteiger partial charge in [-0.25, -0.2) is 9.78 Å². The van der Waals surface area contributed by atoms with Crippen molar-refractivity contribution < 1.29 is 14.0 Å². The van der Waals surface area contributed by atoms with Crippen molar-refractivity contribution in [3.05, 3.63) is 65.3 Å². The molecule has 2 aromatic heterocycles. The van der Waals surface area contributed by atoms with Gasteiger partial charge in [-0.05, 0) is 37.1 Å². The molecule has 9 heteroatoms. The first-order chi connectivity index (χ1) is 15.4. The van der Waals surface area contributed by atoms with Gasteiger partial charge in [0.05, 0.1) is 23.1 Å². The third-order valence-corrected chi connectivity index (χ3v) is 6.54. The van der Waals surface area contributed by atoms with E-state index in [0.717, 1.165) is 26.4 Å². The molecule has 0 saturated carbocycles. The molecule has 0 spiro atoms. The average molecular weight is 448 g/mol. The summed E-state index contributed by atoms with van der Waals surface area (Å²) in [7, 11) is 0. The minimum atomic E-state index is -1.08. The molecule has 2 aromatic carbocycles. The summed E-state index contributed by atoms with van der Waals surface area (Å²) >= 11 is 1.59. The first kappa shape index (κ1) is 20.3. The van der Waals surface area contributed by atoms with Crippen molar-refractivity contribution in [2.75, 3.05) is 6.54 Å². The standard InChI is InChI=1S/C23H21N5O3S/c1-3-28-21(29)23(2,25-22(28)30)13-19-27-26-18(31-19)12-20-24-16-10-9-15(11-17(16)32-20)14-7-5-4-6-8-14/h4-11H,3,12-13H2,1-2H3,(H,25,30). The van der Waals surface area contributed by atoms with E-state index in [1.165, 1.54) is 4.90 Å². The first-order valence-corrected chi connectivity index (χ1v) is 11.2. The molecular weight excluding hydrogens is 426 g/mol. The Bertz CT molecular complexity index is 1320. The molecule has 1 saturated heterocycles. The number of aromatic nitrogens is 3. The highest BCUT2D eigenvalue weighted by atomic mass is 32.1. The zero-order valence-electron chi connectivity index (χ0n) is 17.7. The lowest BCUT2D eigenvalue weighted by Crippen LogP contribution is -2.46. The van der Waals surface area contributed by atoms with Crippen LogP contribution in [-0.4, -0.2) is 44.1 Å². The fourth-order valence-electron chi connectivity index (χ4n) is 3.88. The molecule has 4 aromatic rings. The van der Waals surface area contributed by atoms with Crippen molar-refractivity contribution in [1.82, 2.24) is 25.4 Å².